The molecule has 2 aromatic rings. The molecule has 0 amide bonds. The number of ether oxygens (including phenoxy) is 1. The van der Waals surface area contributed by atoms with Gasteiger partial charge in [-0.25, -0.2) is 13.6 Å². The van der Waals surface area contributed by atoms with Crippen molar-refractivity contribution in [2.75, 3.05) is 0 Å². The smallest absolute Gasteiger partial charge is 0.338 e. The Bertz CT molecular complexity index is 678. The first-order chi connectivity index (χ1) is 9.47. The van der Waals surface area contributed by atoms with Crippen molar-refractivity contribution in [3.63, 3.8) is 0 Å². The Morgan fingerprint density at radius 3 is 2.40 bits per heavy atom. The number of benzene rings is 2. The van der Waals surface area contributed by atoms with Crippen LogP contribution in [-0.2, 0) is 4.79 Å². The van der Waals surface area contributed by atoms with Crippen molar-refractivity contribution in [1.29, 1.82) is 0 Å². The fourth-order valence-corrected chi connectivity index (χ4v) is 1.62. The molecular weight excluding hydrogens is 262 g/mol. The summed E-state index contributed by atoms with van der Waals surface area (Å²) in [6, 6.07) is 9.89. The molecule has 0 bridgehead atoms. The molecule has 102 valence electrons. The van der Waals surface area contributed by atoms with Crippen LogP contribution >= 0.6 is 0 Å². The van der Waals surface area contributed by atoms with E-state index in [0.29, 0.717) is 11.1 Å². The van der Waals surface area contributed by atoms with Crippen LogP contribution in [0.15, 0.2) is 54.6 Å². The zero-order valence-corrected chi connectivity index (χ0v) is 10.8. The van der Waals surface area contributed by atoms with Gasteiger partial charge in [0.1, 0.15) is 5.82 Å². The van der Waals surface area contributed by atoms with Gasteiger partial charge in [-0.1, -0.05) is 24.8 Å². The normalized spacial score (nSPS) is 10.2. The molecule has 2 nitrogen and oxygen atoms in total. The fraction of sp³-hybridized carbons (Fsp3) is 0.0625. The molecular formula is C16H12F2O2. The van der Waals surface area contributed by atoms with E-state index in [9.17, 15) is 13.6 Å². The second kappa shape index (κ2) is 5.65. The maximum Gasteiger partial charge on any atom is 0.338 e. The van der Waals surface area contributed by atoms with Crippen LogP contribution in [0.25, 0.3) is 11.1 Å². The van der Waals surface area contributed by atoms with Crippen molar-refractivity contribution in [1.82, 2.24) is 0 Å². The summed E-state index contributed by atoms with van der Waals surface area (Å²) >= 11 is 0. The third-order valence-electron chi connectivity index (χ3n) is 2.64. The summed E-state index contributed by atoms with van der Waals surface area (Å²) in [5, 5.41) is 0. The average molecular weight is 274 g/mol. The van der Waals surface area contributed by atoms with Gasteiger partial charge < -0.3 is 4.74 Å². The Morgan fingerprint density at radius 1 is 1.10 bits per heavy atom. The molecule has 2 rings (SSSR count). The van der Waals surface area contributed by atoms with E-state index in [-0.39, 0.29) is 11.3 Å². The number of hydrogen-bond donors (Lipinski definition) is 0. The van der Waals surface area contributed by atoms with Crippen molar-refractivity contribution in [2.45, 2.75) is 6.92 Å². The second-order valence-electron chi connectivity index (χ2n) is 4.33. The predicted molar refractivity (Wildman–Crippen MR) is 72.2 cm³/mol. The third-order valence-corrected chi connectivity index (χ3v) is 2.64. The van der Waals surface area contributed by atoms with E-state index in [1.54, 1.807) is 12.1 Å². The van der Waals surface area contributed by atoms with Crippen LogP contribution < -0.4 is 4.74 Å². The van der Waals surface area contributed by atoms with Gasteiger partial charge in [0.25, 0.3) is 0 Å². The number of esters is 1. The van der Waals surface area contributed by atoms with E-state index < -0.39 is 17.6 Å². The molecule has 0 unspecified atom stereocenters. The highest BCUT2D eigenvalue weighted by molar-refractivity contribution is 5.88. The van der Waals surface area contributed by atoms with Crippen LogP contribution in [0.3, 0.4) is 0 Å². The molecule has 0 atom stereocenters. The number of carbonyl (C=O) groups excluding carboxylic acids is 1. The van der Waals surface area contributed by atoms with E-state index in [2.05, 4.69) is 6.58 Å². The van der Waals surface area contributed by atoms with Gasteiger partial charge in [0, 0.05) is 5.57 Å². The van der Waals surface area contributed by atoms with E-state index >= 15 is 0 Å². The fourth-order valence-electron chi connectivity index (χ4n) is 1.62. The van der Waals surface area contributed by atoms with E-state index in [4.69, 9.17) is 4.74 Å². The summed E-state index contributed by atoms with van der Waals surface area (Å²) in [6.45, 7) is 4.89. The molecule has 0 fully saturated rings. The highest BCUT2D eigenvalue weighted by Gasteiger charge is 2.11. The van der Waals surface area contributed by atoms with E-state index in [0.717, 1.165) is 0 Å². The standard InChI is InChI=1S/C16H12F2O2/c1-10(2)16(19)20-15-7-6-12(9-14(15)18)11-4-3-5-13(17)8-11/h3-9H,1H2,2H3. The summed E-state index contributed by atoms with van der Waals surface area (Å²) in [4.78, 5) is 11.3. The quantitative estimate of drug-likeness (QED) is 0.478. The van der Waals surface area contributed by atoms with Gasteiger partial charge in [-0.3, -0.25) is 0 Å². The monoisotopic (exact) mass is 274 g/mol. The lowest BCUT2D eigenvalue weighted by molar-refractivity contribution is -0.130. The van der Waals surface area contributed by atoms with Gasteiger partial charge in [0.15, 0.2) is 11.6 Å². The summed E-state index contributed by atoms with van der Waals surface area (Å²) in [5.41, 5.74) is 1.22. The van der Waals surface area contributed by atoms with Crippen molar-refractivity contribution in [3.8, 4) is 16.9 Å². The van der Waals surface area contributed by atoms with Crippen molar-refractivity contribution < 1.29 is 18.3 Å². The Balaban J connectivity index is 2.30. The highest BCUT2D eigenvalue weighted by atomic mass is 19.1. The summed E-state index contributed by atoms with van der Waals surface area (Å²) in [6.07, 6.45) is 0. The lowest BCUT2D eigenvalue weighted by atomic mass is 10.1. The first-order valence-corrected chi connectivity index (χ1v) is 5.90. The number of halogens is 2. The molecule has 0 aliphatic rings. The van der Waals surface area contributed by atoms with Crippen LogP contribution in [0.2, 0.25) is 0 Å². The number of rotatable bonds is 3. The largest absolute Gasteiger partial charge is 0.420 e. The Kier molecular flexibility index (Phi) is 3.94. The lowest BCUT2D eigenvalue weighted by Crippen LogP contribution is -2.09. The Hall–Kier alpha value is -2.49. The molecule has 4 heteroatoms. The summed E-state index contributed by atoms with van der Waals surface area (Å²) < 4.78 is 31.8. The van der Waals surface area contributed by atoms with Crippen LogP contribution in [0.4, 0.5) is 8.78 Å². The maximum absolute atomic E-state index is 13.9. The SMILES string of the molecule is C=C(C)C(=O)Oc1ccc(-c2cccc(F)c2)cc1F. The maximum atomic E-state index is 13.9. The van der Waals surface area contributed by atoms with Crippen LogP contribution in [0, 0.1) is 11.6 Å². The summed E-state index contributed by atoms with van der Waals surface area (Å²) in [5.74, 6) is -1.97. The van der Waals surface area contributed by atoms with E-state index in [1.807, 2.05) is 0 Å². The lowest BCUT2D eigenvalue weighted by Gasteiger charge is -2.07. The number of carbonyl (C=O) groups is 1. The van der Waals surface area contributed by atoms with Crippen LogP contribution in [0.5, 0.6) is 5.75 Å². The molecule has 0 saturated heterocycles. The topological polar surface area (TPSA) is 26.3 Å². The molecule has 20 heavy (non-hydrogen) atoms. The minimum absolute atomic E-state index is 0.179. The average Bonchev–Trinajstić information content (AvgIpc) is 2.40. The first kappa shape index (κ1) is 13.9. The Morgan fingerprint density at radius 2 is 1.80 bits per heavy atom. The minimum atomic E-state index is -0.693. The predicted octanol–water partition coefficient (Wildman–Crippen LogP) is 4.11. The minimum Gasteiger partial charge on any atom is -0.420 e. The van der Waals surface area contributed by atoms with Crippen molar-refractivity contribution in [3.05, 3.63) is 66.3 Å². The first-order valence-electron chi connectivity index (χ1n) is 5.90. The van der Waals surface area contributed by atoms with Crippen molar-refractivity contribution >= 4 is 5.97 Å². The molecule has 0 spiro atoms. The van der Waals surface area contributed by atoms with Gasteiger partial charge in [-0.05, 0) is 42.3 Å². The van der Waals surface area contributed by atoms with Crippen molar-refractivity contribution in [2.24, 2.45) is 0 Å². The van der Waals surface area contributed by atoms with Crippen LogP contribution in [0.1, 0.15) is 6.92 Å². The summed E-state index contributed by atoms with van der Waals surface area (Å²) in [7, 11) is 0. The third kappa shape index (κ3) is 3.09. The molecule has 0 heterocycles. The van der Waals surface area contributed by atoms with Gasteiger partial charge in [0.2, 0.25) is 0 Å². The molecule has 0 aromatic heterocycles. The van der Waals surface area contributed by atoms with Gasteiger partial charge in [-0.15, -0.1) is 0 Å². The highest BCUT2D eigenvalue weighted by Crippen LogP contribution is 2.26. The van der Waals surface area contributed by atoms with E-state index in [1.165, 1.54) is 37.3 Å². The van der Waals surface area contributed by atoms with Gasteiger partial charge in [-0.2, -0.15) is 0 Å². The molecule has 2 aromatic carbocycles. The van der Waals surface area contributed by atoms with Gasteiger partial charge in [0.05, 0.1) is 0 Å². The molecule has 0 saturated carbocycles. The zero-order chi connectivity index (χ0) is 14.7. The number of hydrogen-bond acceptors (Lipinski definition) is 2. The Labute approximate surface area is 115 Å². The molecule has 0 aliphatic heterocycles. The zero-order valence-electron chi connectivity index (χ0n) is 10.8. The van der Waals surface area contributed by atoms with Crippen LogP contribution in [-0.4, -0.2) is 5.97 Å². The molecule has 0 aliphatic carbocycles. The molecule has 0 N–H and O–H groups in total. The van der Waals surface area contributed by atoms with Gasteiger partial charge >= 0.3 is 5.97 Å². The molecule has 0 radical (unpaired) electrons. The second-order valence-corrected chi connectivity index (χ2v) is 4.33.